The fourth-order valence-corrected chi connectivity index (χ4v) is 2.25. The lowest BCUT2D eigenvalue weighted by Gasteiger charge is -2.05. The van der Waals surface area contributed by atoms with Gasteiger partial charge in [-0.3, -0.25) is 0 Å². The monoisotopic (exact) mass is 261 g/mol. The van der Waals surface area contributed by atoms with E-state index in [1.165, 1.54) is 64.2 Å². The van der Waals surface area contributed by atoms with E-state index in [0.29, 0.717) is 0 Å². The van der Waals surface area contributed by atoms with Crippen molar-refractivity contribution in [3.63, 3.8) is 0 Å². The maximum atomic E-state index is 5.66. The van der Waals surface area contributed by atoms with E-state index in [1.54, 1.807) is 0 Å². The third-order valence-corrected chi connectivity index (χ3v) is 3.45. The molecule has 1 heteroatoms. The van der Waals surface area contributed by atoms with Crippen LogP contribution in [-0.4, -0.2) is 6.61 Å². The fourth-order valence-electron chi connectivity index (χ4n) is 2.25. The summed E-state index contributed by atoms with van der Waals surface area (Å²) in [5.41, 5.74) is 0. The van der Waals surface area contributed by atoms with Crippen LogP contribution >= 0.6 is 0 Å². The van der Waals surface area contributed by atoms with Gasteiger partial charge in [-0.05, 0) is 24.6 Å². The normalized spacial score (nSPS) is 10.6. The minimum absolute atomic E-state index is 0.848. The number of rotatable bonds is 12. The summed E-state index contributed by atoms with van der Waals surface area (Å²) >= 11 is 0. The summed E-state index contributed by atoms with van der Waals surface area (Å²) in [5.74, 6) is 0.967. The van der Waals surface area contributed by atoms with Gasteiger partial charge >= 0.3 is 0 Å². The van der Waals surface area contributed by atoms with Gasteiger partial charge in [0.1, 0.15) is 5.75 Å². The van der Waals surface area contributed by atoms with E-state index in [2.05, 4.69) is 13.0 Å². The van der Waals surface area contributed by atoms with Crippen molar-refractivity contribution in [3.05, 3.63) is 30.3 Å². The van der Waals surface area contributed by atoms with Crippen molar-refractivity contribution in [1.82, 2.24) is 0 Å². The number of hydrogen-bond donors (Lipinski definition) is 0. The van der Waals surface area contributed by atoms with Crippen LogP contribution in [0.3, 0.4) is 0 Å². The smallest absolute Gasteiger partial charge is 0.119 e. The van der Waals surface area contributed by atoms with Crippen molar-refractivity contribution in [2.24, 2.45) is 0 Å². The van der Waals surface area contributed by atoms with E-state index in [4.69, 9.17) is 4.74 Å². The van der Waals surface area contributed by atoms with Gasteiger partial charge < -0.3 is 4.74 Å². The Hall–Kier alpha value is -0.980. The topological polar surface area (TPSA) is 9.23 Å². The van der Waals surface area contributed by atoms with Crippen LogP contribution < -0.4 is 4.74 Å². The average molecular weight is 261 g/mol. The highest BCUT2D eigenvalue weighted by Gasteiger charge is 1.94. The Bertz CT molecular complexity index is 281. The molecule has 0 saturated heterocycles. The van der Waals surface area contributed by atoms with Gasteiger partial charge in [-0.25, -0.2) is 0 Å². The van der Waals surface area contributed by atoms with Crippen LogP contribution in [0.4, 0.5) is 0 Å². The SMILES string of the molecule is CCCCCCCCCCCCOc1cc[c]cc1. The molecule has 0 fully saturated rings. The Balaban J connectivity index is 1.79. The van der Waals surface area contributed by atoms with Crippen molar-refractivity contribution >= 4 is 0 Å². The Morgan fingerprint density at radius 2 is 1.32 bits per heavy atom. The molecule has 0 unspecified atom stereocenters. The first-order valence-electron chi connectivity index (χ1n) is 8.02. The predicted molar refractivity (Wildman–Crippen MR) is 82.6 cm³/mol. The van der Waals surface area contributed by atoms with Gasteiger partial charge in [-0.2, -0.15) is 0 Å². The maximum Gasteiger partial charge on any atom is 0.119 e. The highest BCUT2D eigenvalue weighted by atomic mass is 16.5. The molecule has 0 amide bonds. The maximum absolute atomic E-state index is 5.66. The molecule has 1 nitrogen and oxygen atoms in total. The second kappa shape index (κ2) is 12.1. The van der Waals surface area contributed by atoms with Crippen molar-refractivity contribution < 1.29 is 4.74 Å². The number of benzene rings is 1. The molecule has 0 atom stereocenters. The van der Waals surface area contributed by atoms with E-state index in [1.807, 2.05) is 24.3 Å². The van der Waals surface area contributed by atoms with Crippen LogP contribution in [0.2, 0.25) is 0 Å². The molecule has 1 rings (SSSR count). The molecule has 0 saturated carbocycles. The largest absolute Gasteiger partial charge is 0.494 e. The van der Waals surface area contributed by atoms with Gasteiger partial charge in [0.15, 0.2) is 0 Å². The average Bonchev–Trinajstić information content (AvgIpc) is 2.46. The molecule has 0 spiro atoms. The Morgan fingerprint density at radius 3 is 1.89 bits per heavy atom. The van der Waals surface area contributed by atoms with Gasteiger partial charge in [0.25, 0.3) is 0 Å². The van der Waals surface area contributed by atoms with E-state index in [0.717, 1.165) is 12.4 Å². The molecule has 0 aliphatic heterocycles. The highest BCUT2D eigenvalue weighted by molar-refractivity contribution is 5.20. The van der Waals surface area contributed by atoms with Crippen molar-refractivity contribution in [3.8, 4) is 5.75 Å². The summed E-state index contributed by atoms with van der Waals surface area (Å²) in [6.07, 6.45) is 13.7. The molecule has 0 aliphatic carbocycles. The molecule has 0 aromatic heterocycles. The Labute approximate surface area is 119 Å². The molecule has 1 aromatic carbocycles. The minimum atomic E-state index is 0.848. The van der Waals surface area contributed by atoms with Crippen LogP contribution in [0.5, 0.6) is 5.75 Å². The lowest BCUT2D eigenvalue weighted by atomic mass is 10.1. The van der Waals surface area contributed by atoms with E-state index in [9.17, 15) is 0 Å². The quantitative estimate of drug-likeness (QED) is 0.433. The summed E-state index contributed by atoms with van der Waals surface area (Å²) in [4.78, 5) is 0. The fraction of sp³-hybridized carbons (Fsp3) is 0.667. The third-order valence-electron chi connectivity index (χ3n) is 3.45. The van der Waals surface area contributed by atoms with Crippen molar-refractivity contribution in [2.45, 2.75) is 71.1 Å². The second-order valence-electron chi connectivity index (χ2n) is 5.27. The molecule has 1 aromatic rings. The lowest BCUT2D eigenvalue weighted by Crippen LogP contribution is -1.96. The van der Waals surface area contributed by atoms with Crippen LogP contribution in [0.25, 0.3) is 0 Å². The number of hydrogen-bond acceptors (Lipinski definition) is 1. The summed E-state index contributed by atoms with van der Waals surface area (Å²) in [7, 11) is 0. The summed E-state index contributed by atoms with van der Waals surface area (Å²) in [6.45, 7) is 3.12. The predicted octanol–water partition coefficient (Wildman–Crippen LogP) is 5.79. The van der Waals surface area contributed by atoms with Crippen LogP contribution in [-0.2, 0) is 0 Å². The first kappa shape index (κ1) is 16.1. The minimum Gasteiger partial charge on any atom is -0.494 e. The summed E-state index contributed by atoms with van der Waals surface area (Å²) < 4.78 is 5.66. The van der Waals surface area contributed by atoms with Crippen LogP contribution in [0, 0.1) is 6.07 Å². The second-order valence-corrected chi connectivity index (χ2v) is 5.27. The molecule has 0 bridgehead atoms. The van der Waals surface area contributed by atoms with Crippen molar-refractivity contribution in [1.29, 1.82) is 0 Å². The van der Waals surface area contributed by atoms with Crippen LogP contribution in [0.1, 0.15) is 71.1 Å². The number of unbranched alkanes of at least 4 members (excludes halogenated alkanes) is 9. The highest BCUT2D eigenvalue weighted by Crippen LogP contribution is 2.12. The Morgan fingerprint density at radius 1 is 0.789 bits per heavy atom. The molecule has 19 heavy (non-hydrogen) atoms. The van der Waals surface area contributed by atoms with Gasteiger partial charge in [-0.15, -0.1) is 0 Å². The molecule has 0 aliphatic rings. The Kier molecular flexibility index (Phi) is 10.2. The summed E-state index contributed by atoms with van der Waals surface area (Å²) in [6, 6.07) is 10.7. The van der Waals surface area contributed by atoms with Crippen LogP contribution in [0.15, 0.2) is 24.3 Å². The zero-order valence-electron chi connectivity index (χ0n) is 12.5. The van der Waals surface area contributed by atoms with Gasteiger partial charge in [-0.1, -0.05) is 76.8 Å². The van der Waals surface area contributed by atoms with Gasteiger partial charge in [0, 0.05) is 0 Å². The zero-order chi connectivity index (χ0) is 13.6. The first-order chi connectivity index (χ1) is 9.43. The molecular formula is C18H29O. The molecule has 1 radical (unpaired) electrons. The zero-order valence-corrected chi connectivity index (χ0v) is 12.5. The number of ether oxygens (including phenoxy) is 1. The molecule has 107 valence electrons. The molecule has 0 heterocycles. The summed E-state index contributed by atoms with van der Waals surface area (Å²) in [5, 5.41) is 0. The molecule has 0 N–H and O–H groups in total. The van der Waals surface area contributed by atoms with E-state index in [-0.39, 0.29) is 0 Å². The lowest BCUT2D eigenvalue weighted by molar-refractivity contribution is 0.304. The van der Waals surface area contributed by atoms with Gasteiger partial charge in [0.2, 0.25) is 0 Å². The molecular weight excluding hydrogens is 232 g/mol. The van der Waals surface area contributed by atoms with Crippen molar-refractivity contribution in [2.75, 3.05) is 6.61 Å². The standard InChI is InChI=1S/C18H29O/c1-2-3-4-5-6-7-8-9-10-14-17-19-18-15-12-11-13-16-18/h12-13,15-16H,2-10,14,17H2,1H3. The van der Waals surface area contributed by atoms with Gasteiger partial charge in [0.05, 0.1) is 6.61 Å². The van der Waals surface area contributed by atoms with E-state index < -0.39 is 0 Å². The third kappa shape index (κ3) is 9.58. The van der Waals surface area contributed by atoms with E-state index >= 15 is 0 Å². The first-order valence-corrected chi connectivity index (χ1v) is 8.02.